The summed E-state index contributed by atoms with van der Waals surface area (Å²) in [7, 11) is -2.82. The predicted octanol–water partition coefficient (Wildman–Crippen LogP) is 1.60. The van der Waals surface area contributed by atoms with Gasteiger partial charge in [-0.2, -0.15) is 5.26 Å². The van der Waals surface area contributed by atoms with Crippen LogP contribution in [0.25, 0.3) is 0 Å². The Morgan fingerprint density at radius 3 is 2.90 bits per heavy atom. The van der Waals surface area contributed by atoms with E-state index in [0.29, 0.717) is 0 Å². The third-order valence-electron chi connectivity index (χ3n) is 2.45. The minimum atomic E-state index is -4.03. The standard InChI is InChI=1S/C12H9N3O4S2/c1-19-12(16)11-8(4-6-20-11)15-21(17,18)10-3-2-5-14-9(10)7-13/h2-6,15H,1H3. The van der Waals surface area contributed by atoms with Crippen LogP contribution in [0.3, 0.4) is 0 Å². The topological polar surface area (TPSA) is 109 Å². The van der Waals surface area contributed by atoms with Crippen LogP contribution in [0.2, 0.25) is 0 Å². The average Bonchev–Trinajstić information content (AvgIpc) is 2.93. The molecule has 0 aromatic carbocycles. The van der Waals surface area contributed by atoms with E-state index >= 15 is 0 Å². The van der Waals surface area contributed by atoms with Crippen LogP contribution in [-0.2, 0) is 14.8 Å². The number of carbonyl (C=O) groups is 1. The second-order valence-corrected chi connectivity index (χ2v) is 6.29. The van der Waals surface area contributed by atoms with Crippen LogP contribution < -0.4 is 4.72 Å². The number of hydrogen-bond acceptors (Lipinski definition) is 7. The number of nitriles is 1. The van der Waals surface area contributed by atoms with E-state index in [9.17, 15) is 13.2 Å². The zero-order valence-electron chi connectivity index (χ0n) is 10.7. The number of thiophene rings is 1. The highest BCUT2D eigenvalue weighted by Crippen LogP contribution is 2.26. The highest BCUT2D eigenvalue weighted by molar-refractivity contribution is 7.92. The quantitative estimate of drug-likeness (QED) is 0.856. The Morgan fingerprint density at radius 2 is 2.24 bits per heavy atom. The molecule has 0 spiro atoms. The highest BCUT2D eigenvalue weighted by atomic mass is 32.2. The highest BCUT2D eigenvalue weighted by Gasteiger charge is 2.23. The van der Waals surface area contributed by atoms with E-state index < -0.39 is 16.0 Å². The summed E-state index contributed by atoms with van der Waals surface area (Å²) >= 11 is 1.05. The number of methoxy groups -OCH3 is 1. The van der Waals surface area contributed by atoms with E-state index in [1.807, 2.05) is 0 Å². The summed E-state index contributed by atoms with van der Waals surface area (Å²) in [6.45, 7) is 0. The Bertz CT molecular complexity index is 821. The fourth-order valence-corrected chi connectivity index (χ4v) is 3.54. The minimum absolute atomic E-state index is 0.0968. The first-order chi connectivity index (χ1) is 9.99. The lowest BCUT2D eigenvalue weighted by molar-refractivity contribution is 0.0607. The maximum Gasteiger partial charge on any atom is 0.350 e. The van der Waals surface area contributed by atoms with Gasteiger partial charge in [0, 0.05) is 6.20 Å². The van der Waals surface area contributed by atoms with Crippen molar-refractivity contribution in [1.82, 2.24) is 4.98 Å². The molecule has 0 radical (unpaired) electrons. The van der Waals surface area contributed by atoms with Crippen molar-refractivity contribution in [3.05, 3.63) is 40.3 Å². The maximum atomic E-state index is 12.3. The van der Waals surface area contributed by atoms with Crippen LogP contribution >= 0.6 is 11.3 Å². The largest absolute Gasteiger partial charge is 0.465 e. The number of nitrogens with zero attached hydrogens (tertiary/aromatic N) is 2. The van der Waals surface area contributed by atoms with Gasteiger partial charge >= 0.3 is 5.97 Å². The Morgan fingerprint density at radius 1 is 1.48 bits per heavy atom. The molecule has 7 nitrogen and oxygen atoms in total. The van der Waals surface area contributed by atoms with E-state index in [4.69, 9.17) is 5.26 Å². The molecule has 0 amide bonds. The number of nitrogens with one attached hydrogen (secondary N) is 1. The van der Waals surface area contributed by atoms with Gasteiger partial charge in [0.2, 0.25) is 0 Å². The summed E-state index contributed by atoms with van der Waals surface area (Å²) in [5.41, 5.74) is -0.126. The molecule has 108 valence electrons. The van der Waals surface area contributed by atoms with Crippen molar-refractivity contribution < 1.29 is 17.9 Å². The second-order valence-electron chi connectivity index (χ2n) is 3.72. The van der Waals surface area contributed by atoms with E-state index in [1.54, 1.807) is 11.4 Å². The molecule has 9 heteroatoms. The molecule has 2 aromatic rings. The first-order valence-electron chi connectivity index (χ1n) is 5.53. The van der Waals surface area contributed by atoms with Gasteiger partial charge in [-0.25, -0.2) is 18.2 Å². The Labute approximate surface area is 124 Å². The molecule has 0 atom stereocenters. The number of sulfonamides is 1. The van der Waals surface area contributed by atoms with Gasteiger partial charge < -0.3 is 4.74 Å². The van der Waals surface area contributed by atoms with Crippen molar-refractivity contribution in [2.75, 3.05) is 11.8 Å². The predicted molar refractivity (Wildman–Crippen MR) is 75.4 cm³/mol. The molecule has 0 aliphatic carbocycles. The van der Waals surface area contributed by atoms with Gasteiger partial charge in [-0.15, -0.1) is 11.3 Å². The Balaban J connectivity index is 2.42. The van der Waals surface area contributed by atoms with Gasteiger partial charge in [0.15, 0.2) is 5.69 Å². The van der Waals surface area contributed by atoms with Crippen molar-refractivity contribution in [3.63, 3.8) is 0 Å². The molecular formula is C12H9N3O4S2. The van der Waals surface area contributed by atoms with E-state index in [1.165, 1.54) is 31.5 Å². The van der Waals surface area contributed by atoms with Crippen molar-refractivity contribution in [3.8, 4) is 6.07 Å². The minimum Gasteiger partial charge on any atom is -0.465 e. The normalized spacial score (nSPS) is 10.7. The average molecular weight is 323 g/mol. The summed E-state index contributed by atoms with van der Waals surface area (Å²) in [6.07, 6.45) is 1.32. The number of anilines is 1. The lowest BCUT2D eigenvalue weighted by atomic mass is 10.4. The van der Waals surface area contributed by atoms with Gasteiger partial charge in [-0.05, 0) is 23.6 Å². The zero-order valence-corrected chi connectivity index (χ0v) is 12.4. The molecule has 0 aliphatic heterocycles. The third-order valence-corrected chi connectivity index (χ3v) is 4.74. The molecule has 2 rings (SSSR count). The van der Waals surface area contributed by atoms with Crippen LogP contribution in [0.1, 0.15) is 15.4 Å². The molecular weight excluding hydrogens is 314 g/mol. The number of carbonyl (C=O) groups excluding carboxylic acids is 1. The number of ether oxygens (including phenoxy) is 1. The Kier molecular flexibility index (Phi) is 4.21. The maximum absolute atomic E-state index is 12.3. The molecule has 0 unspecified atom stereocenters. The number of pyridine rings is 1. The van der Waals surface area contributed by atoms with Crippen molar-refractivity contribution in [1.29, 1.82) is 5.26 Å². The van der Waals surface area contributed by atoms with Crippen LogP contribution in [0.5, 0.6) is 0 Å². The second kappa shape index (κ2) is 5.90. The fraction of sp³-hybridized carbons (Fsp3) is 0.0833. The lowest BCUT2D eigenvalue weighted by Crippen LogP contribution is -2.16. The van der Waals surface area contributed by atoms with E-state index in [2.05, 4.69) is 14.4 Å². The van der Waals surface area contributed by atoms with Gasteiger partial charge in [-0.3, -0.25) is 4.72 Å². The number of esters is 1. The summed E-state index contributed by atoms with van der Waals surface area (Å²) < 4.78 is 31.4. The van der Waals surface area contributed by atoms with Gasteiger partial charge in [0.05, 0.1) is 12.8 Å². The molecule has 1 N–H and O–H groups in total. The summed E-state index contributed by atoms with van der Waals surface area (Å²) in [4.78, 5) is 15.1. The van der Waals surface area contributed by atoms with Gasteiger partial charge in [0.1, 0.15) is 15.8 Å². The summed E-state index contributed by atoms with van der Waals surface area (Å²) in [6, 6.07) is 5.82. The number of hydrogen-bond donors (Lipinski definition) is 1. The van der Waals surface area contributed by atoms with Crippen LogP contribution in [-0.4, -0.2) is 26.5 Å². The van der Waals surface area contributed by atoms with Crippen molar-refractivity contribution >= 4 is 33.0 Å². The lowest BCUT2D eigenvalue weighted by Gasteiger charge is -2.08. The SMILES string of the molecule is COC(=O)c1sccc1NS(=O)(=O)c1cccnc1C#N. The molecule has 21 heavy (non-hydrogen) atoms. The number of aromatic nitrogens is 1. The van der Waals surface area contributed by atoms with Crippen LogP contribution in [0.4, 0.5) is 5.69 Å². The zero-order chi connectivity index (χ0) is 15.5. The molecule has 0 aliphatic rings. The summed E-state index contributed by atoms with van der Waals surface area (Å²) in [5.74, 6) is -0.644. The number of rotatable bonds is 4. The summed E-state index contributed by atoms with van der Waals surface area (Å²) in [5, 5.41) is 10.5. The van der Waals surface area contributed by atoms with Crippen molar-refractivity contribution in [2.45, 2.75) is 4.90 Å². The van der Waals surface area contributed by atoms with E-state index in [0.717, 1.165) is 11.3 Å². The van der Waals surface area contributed by atoms with E-state index in [-0.39, 0.29) is 21.2 Å². The molecule has 0 saturated carbocycles. The van der Waals surface area contributed by atoms with Crippen LogP contribution in [0, 0.1) is 11.3 Å². The third kappa shape index (κ3) is 3.01. The molecule has 2 aromatic heterocycles. The smallest absolute Gasteiger partial charge is 0.350 e. The molecule has 0 saturated heterocycles. The van der Waals surface area contributed by atoms with Gasteiger partial charge in [0.25, 0.3) is 10.0 Å². The van der Waals surface area contributed by atoms with Crippen LogP contribution in [0.15, 0.2) is 34.7 Å². The van der Waals surface area contributed by atoms with Gasteiger partial charge in [-0.1, -0.05) is 0 Å². The first kappa shape index (κ1) is 15.0. The fourth-order valence-electron chi connectivity index (χ4n) is 1.53. The van der Waals surface area contributed by atoms with Crippen molar-refractivity contribution in [2.24, 2.45) is 0 Å². The molecule has 2 heterocycles. The first-order valence-corrected chi connectivity index (χ1v) is 7.89. The molecule has 0 fully saturated rings. The molecule has 0 bridgehead atoms. The monoisotopic (exact) mass is 323 g/mol. The Hall–Kier alpha value is -2.44.